The lowest BCUT2D eigenvalue weighted by Gasteiger charge is -2.21. The number of carbonyl (C=O) groups excluding carboxylic acids is 2. The van der Waals surface area contributed by atoms with Gasteiger partial charge in [-0.1, -0.05) is 42.5 Å². The van der Waals surface area contributed by atoms with Crippen LogP contribution in [0.4, 0.5) is 4.79 Å². The summed E-state index contributed by atoms with van der Waals surface area (Å²) in [6.45, 7) is 1.94. The van der Waals surface area contributed by atoms with Crippen LogP contribution in [0.25, 0.3) is 10.8 Å². The third kappa shape index (κ3) is 4.02. The van der Waals surface area contributed by atoms with Gasteiger partial charge in [0.25, 0.3) is 5.91 Å². The Morgan fingerprint density at radius 2 is 1.96 bits per heavy atom. The molecule has 0 aliphatic rings. The van der Waals surface area contributed by atoms with E-state index in [1.54, 1.807) is 6.92 Å². The van der Waals surface area contributed by atoms with Gasteiger partial charge in [-0.2, -0.15) is 5.26 Å². The van der Waals surface area contributed by atoms with Crippen molar-refractivity contribution >= 4 is 22.8 Å². The smallest absolute Gasteiger partial charge is 0.407 e. The standard InChI is InChI=1S/C18H19N3O3/c1-3-21(12-19)17(22)16(20-18(23)24-2)11-13-8-9-14-6-4-5-7-15(14)10-13/h4-10,16H,3,11H2,1-2H3,(H,20,23). The van der Waals surface area contributed by atoms with E-state index in [2.05, 4.69) is 10.1 Å². The lowest BCUT2D eigenvalue weighted by Crippen LogP contribution is -2.48. The molecular formula is C18H19N3O3. The van der Waals surface area contributed by atoms with E-state index in [0.29, 0.717) is 0 Å². The highest BCUT2D eigenvalue weighted by molar-refractivity contribution is 5.87. The Kier molecular flexibility index (Phi) is 5.74. The molecule has 1 unspecified atom stereocenters. The monoisotopic (exact) mass is 325 g/mol. The molecule has 0 saturated heterocycles. The summed E-state index contributed by atoms with van der Waals surface area (Å²) >= 11 is 0. The molecule has 0 spiro atoms. The number of hydrogen-bond acceptors (Lipinski definition) is 4. The minimum atomic E-state index is -0.863. The van der Waals surface area contributed by atoms with Gasteiger partial charge >= 0.3 is 6.09 Å². The number of nitrogens with one attached hydrogen (secondary N) is 1. The van der Waals surface area contributed by atoms with Crippen molar-refractivity contribution in [3.05, 3.63) is 48.0 Å². The molecule has 0 bridgehead atoms. The first-order valence-electron chi connectivity index (χ1n) is 7.62. The van der Waals surface area contributed by atoms with E-state index in [1.807, 2.05) is 48.7 Å². The molecular weight excluding hydrogens is 306 g/mol. The maximum Gasteiger partial charge on any atom is 0.407 e. The predicted octanol–water partition coefficient (Wildman–Crippen LogP) is 2.44. The van der Waals surface area contributed by atoms with Gasteiger partial charge in [-0.3, -0.25) is 4.79 Å². The summed E-state index contributed by atoms with van der Waals surface area (Å²) in [5.41, 5.74) is 0.887. The molecule has 6 nitrogen and oxygen atoms in total. The van der Waals surface area contributed by atoms with Crippen molar-refractivity contribution in [2.24, 2.45) is 0 Å². The molecule has 1 N–H and O–H groups in total. The maximum atomic E-state index is 12.5. The second-order valence-electron chi connectivity index (χ2n) is 5.26. The molecule has 0 aromatic heterocycles. The summed E-state index contributed by atoms with van der Waals surface area (Å²) in [7, 11) is 1.23. The van der Waals surface area contributed by atoms with Crippen LogP contribution in [0.5, 0.6) is 0 Å². The third-order valence-corrected chi connectivity index (χ3v) is 3.73. The second kappa shape index (κ2) is 7.97. The molecule has 0 radical (unpaired) electrons. The zero-order valence-electron chi connectivity index (χ0n) is 13.7. The summed E-state index contributed by atoms with van der Waals surface area (Å²) in [5.74, 6) is -0.460. The number of carbonyl (C=O) groups is 2. The van der Waals surface area contributed by atoms with E-state index in [0.717, 1.165) is 21.2 Å². The number of amides is 2. The van der Waals surface area contributed by atoms with Crippen molar-refractivity contribution in [1.82, 2.24) is 10.2 Å². The van der Waals surface area contributed by atoms with Crippen LogP contribution in [0.2, 0.25) is 0 Å². The summed E-state index contributed by atoms with van der Waals surface area (Å²) in [4.78, 5) is 25.0. The molecule has 0 heterocycles. The van der Waals surface area contributed by atoms with Crippen molar-refractivity contribution in [2.75, 3.05) is 13.7 Å². The molecule has 6 heteroatoms. The van der Waals surface area contributed by atoms with Crippen LogP contribution >= 0.6 is 0 Å². The number of benzene rings is 2. The van der Waals surface area contributed by atoms with Crippen LogP contribution < -0.4 is 5.32 Å². The van der Waals surface area contributed by atoms with E-state index in [1.165, 1.54) is 7.11 Å². The van der Waals surface area contributed by atoms with Crippen molar-refractivity contribution < 1.29 is 14.3 Å². The van der Waals surface area contributed by atoms with Crippen molar-refractivity contribution in [2.45, 2.75) is 19.4 Å². The molecule has 0 aliphatic carbocycles. The fourth-order valence-corrected chi connectivity index (χ4v) is 2.47. The summed E-state index contributed by atoms with van der Waals surface area (Å²) in [6.07, 6.45) is 1.40. The number of ether oxygens (including phenoxy) is 1. The molecule has 2 rings (SSSR count). The average Bonchev–Trinajstić information content (AvgIpc) is 2.61. The van der Waals surface area contributed by atoms with E-state index in [4.69, 9.17) is 5.26 Å². The average molecular weight is 325 g/mol. The molecule has 1 atom stereocenters. The maximum absolute atomic E-state index is 12.5. The van der Waals surface area contributed by atoms with Gasteiger partial charge in [-0.05, 0) is 23.3 Å². The van der Waals surface area contributed by atoms with Crippen molar-refractivity contribution in [3.63, 3.8) is 0 Å². The fraction of sp³-hybridized carbons (Fsp3) is 0.278. The summed E-state index contributed by atoms with van der Waals surface area (Å²) in [5, 5.41) is 13.7. The van der Waals surface area contributed by atoms with Gasteiger partial charge in [0, 0.05) is 13.0 Å². The van der Waals surface area contributed by atoms with Gasteiger partial charge < -0.3 is 10.1 Å². The molecule has 0 saturated carbocycles. The number of fused-ring (bicyclic) bond motifs is 1. The molecule has 24 heavy (non-hydrogen) atoms. The highest BCUT2D eigenvalue weighted by atomic mass is 16.5. The summed E-state index contributed by atoms with van der Waals surface area (Å²) < 4.78 is 4.58. The van der Waals surface area contributed by atoms with Crippen LogP contribution in [-0.2, 0) is 16.0 Å². The van der Waals surface area contributed by atoms with Gasteiger partial charge in [0.1, 0.15) is 6.04 Å². The van der Waals surface area contributed by atoms with E-state index < -0.39 is 18.0 Å². The van der Waals surface area contributed by atoms with Crippen LogP contribution in [0.1, 0.15) is 12.5 Å². The molecule has 0 fully saturated rings. The van der Waals surface area contributed by atoms with Crippen molar-refractivity contribution in [1.29, 1.82) is 5.26 Å². The molecule has 0 aliphatic heterocycles. The van der Waals surface area contributed by atoms with Crippen molar-refractivity contribution in [3.8, 4) is 6.19 Å². The topological polar surface area (TPSA) is 82.4 Å². The Morgan fingerprint density at radius 1 is 1.25 bits per heavy atom. The molecule has 2 aromatic rings. The first kappa shape index (κ1) is 17.3. The number of nitriles is 1. The first-order valence-corrected chi connectivity index (χ1v) is 7.62. The SMILES string of the molecule is CCN(C#N)C(=O)C(Cc1ccc2ccccc2c1)NC(=O)OC. The lowest BCUT2D eigenvalue weighted by molar-refractivity contribution is -0.130. The van der Waals surface area contributed by atoms with Crippen LogP contribution in [0.3, 0.4) is 0 Å². The molecule has 2 amide bonds. The second-order valence-corrected chi connectivity index (χ2v) is 5.26. The Morgan fingerprint density at radius 3 is 2.58 bits per heavy atom. The fourth-order valence-electron chi connectivity index (χ4n) is 2.47. The van der Waals surface area contributed by atoms with Gasteiger partial charge in [0.15, 0.2) is 6.19 Å². The zero-order chi connectivity index (χ0) is 17.5. The lowest BCUT2D eigenvalue weighted by atomic mass is 10.0. The third-order valence-electron chi connectivity index (χ3n) is 3.73. The molecule has 2 aromatic carbocycles. The van der Waals surface area contributed by atoms with Gasteiger partial charge in [0.05, 0.1) is 7.11 Å². The van der Waals surface area contributed by atoms with E-state index >= 15 is 0 Å². The van der Waals surface area contributed by atoms with Gasteiger partial charge in [-0.15, -0.1) is 0 Å². The number of alkyl carbamates (subject to hydrolysis) is 1. The Hall–Kier alpha value is -3.07. The normalized spacial score (nSPS) is 11.4. The van der Waals surface area contributed by atoms with Gasteiger partial charge in [0.2, 0.25) is 0 Å². The number of likely N-dealkylation sites (N-methyl/N-ethyl adjacent to an activating group) is 1. The van der Waals surface area contributed by atoms with E-state index in [9.17, 15) is 9.59 Å². The molecule has 124 valence electrons. The zero-order valence-corrected chi connectivity index (χ0v) is 13.7. The minimum absolute atomic E-state index is 0.242. The minimum Gasteiger partial charge on any atom is -0.453 e. The number of nitrogens with zero attached hydrogens (tertiary/aromatic N) is 2. The number of rotatable bonds is 5. The Balaban J connectivity index is 2.27. The number of methoxy groups -OCH3 is 1. The summed E-state index contributed by atoms with van der Waals surface area (Å²) in [6, 6.07) is 12.9. The Bertz CT molecular complexity index is 782. The van der Waals surface area contributed by atoms with Crippen LogP contribution in [0.15, 0.2) is 42.5 Å². The largest absolute Gasteiger partial charge is 0.453 e. The van der Waals surface area contributed by atoms with Gasteiger partial charge in [-0.25, -0.2) is 9.69 Å². The predicted molar refractivity (Wildman–Crippen MR) is 90.0 cm³/mol. The van der Waals surface area contributed by atoms with Crippen LogP contribution in [-0.4, -0.2) is 36.6 Å². The highest BCUT2D eigenvalue weighted by Gasteiger charge is 2.26. The number of hydrogen-bond donors (Lipinski definition) is 1. The highest BCUT2D eigenvalue weighted by Crippen LogP contribution is 2.17. The first-order chi connectivity index (χ1) is 11.6. The van der Waals surface area contributed by atoms with E-state index in [-0.39, 0.29) is 13.0 Å². The Labute approximate surface area is 140 Å². The van der Waals surface area contributed by atoms with Crippen LogP contribution in [0, 0.1) is 11.5 Å². The quantitative estimate of drug-likeness (QED) is 0.676.